The van der Waals surface area contributed by atoms with E-state index in [0.717, 1.165) is 17.0 Å². The van der Waals surface area contributed by atoms with Gasteiger partial charge in [-0.15, -0.1) is 0 Å². The molecule has 1 aliphatic rings. The molecule has 2 unspecified atom stereocenters. The van der Waals surface area contributed by atoms with Crippen molar-refractivity contribution in [1.82, 2.24) is 5.32 Å². The Balaban J connectivity index is 2.18. The van der Waals surface area contributed by atoms with Crippen molar-refractivity contribution >= 4 is 22.6 Å². The Bertz CT molecular complexity index is 108. The van der Waals surface area contributed by atoms with E-state index >= 15 is 0 Å². The van der Waals surface area contributed by atoms with Gasteiger partial charge in [0, 0.05) is 17.1 Å². The molecule has 0 aliphatic heterocycles. The molecule has 1 aliphatic carbocycles. The van der Waals surface area contributed by atoms with Gasteiger partial charge in [0.2, 0.25) is 0 Å². The van der Waals surface area contributed by atoms with E-state index in [0.29, 0.717) is 6.04 Å². The highest BCUT2D eigenvalue weighted by atomic mass is 127. The lowest BCUT2D eigenvalue weighted by Gasteiger charge is -2.28. The van der Waals surface area contributed by atoms with Crippen LogP contribution in [0.1, 0.15) is 25.7 Å². The van der Waals surface area contributed by atoms with Crippen molar-refractivity contribution in [2.75, 3.05) is 11.1 Å². The van der Waals surface area contributed by atoms with Crippen molar-refractivity contribution < 1.29 is 0 Å². The van der Waals surface area contributed by atoms with Crippen LogP contribution in [0, 0.1) is 5.92 Å². The first-order valence-electron chi connectivity index (χ1n) is 4.37. The van der Waals surface area contributed by atoms with Gasteiger partial charge in [-0.05, 0) is 18.8 Å². The Kier molecular flexibility index (Phi) is 4.71. The van der Waals surface area contributed by atoms with Crippen LogP contribution in [0.15, 0.2) is 0 Å². The normalized spacial score (nSPS) is 32.2. The first-order chi connectivity index (χ1) is 5.34. The van der Waals surface area contributed by atoms with Gasteiger partial charge >= 0.3 is 0 Å². The lowest BCUT2D eigenvalue weighted by atomic mass is 9.85. The molecule has 0 saturated heterocycles. The minimum Gasteiger partial charge on any atom is -0.327 e. The fraction of sp³-hybridized carbons (Fsp3) is 1.00. The molecule has 2 nitrogen and oxygen atoms in total. The highest BCUT2D eigenvalue weighted by Crippen LogP contribution is 2.21. The van der Waals surface area contributed by atoms with Gasteiger partial charge in [0.05, 0.1) is 0 Å². The largest absolute Gasteiger partial charge is 0.327 e. The molecule has 0 bridgehead atoms. The summed E-state index contributed by atoms with van der Waals surface area (Å²) in [5.41, 5.74) is 5.98. The second-order valence-corrected chi connectivity index (χ2v) is 4.06. The summed E-state index contributed by atoms with van der Waals surface area (Å²) in [5.74, 6) is 0.735. The third-order valence-electron chi connectivity index (χ3n) is 2.47. The summed E-state index contributed by atoms with van der Waals surface area (Å²) in [7, 11) is 0. The number of rotatable bonds is 3. The molecule has 66 valence electrons. The van der Waals surface area contributed by atoms with Gasteiger partial charge < -0.3 is 11.1 Å². The molecule has 0 heterocycles. The third kappa shape index (κ3) is 3.25. The first-order valence-corrected chi connectivity index (χ1v) is 5.89. The fourth-order valence-corrected chi connectivity index (χ4v) is 2.04. The lowest BCUT2D eigenvalue weighted by molar-refractivity contribution is 0.301. The fourth-order valence-electron chi connectivity index (χ4n) is 1.73. The molecule has 0 aromatic heterocycles. The van der Waals surface area contributed by atoms with Crippen molar-refractivity contribution in [2.45, 2.75) is 31.7 Å². The minimum atomic E-state index is 0.458. The van der Waals surface area contributed by atoms with Crippen LogP contribution in [0.4, 0.5) is 0 Å². The monoisotopic (exact) mass is 268 g/mol. The van der Waals surface area contributed by atoms with Gasteiger partial charge in [-0.25, -0.2) is 0 Å². The van der Waals surface area contributed by atoms with E-state index in [1.54, 1.807) is 0 Å². The van der Waals surface area contributed by atoms with Crippen molar-refractivity contribution in [2.24, 2.45) is 11.7 Å². The predicted octanol–water partition coefficient (Wildman–Crippen LogP) is 1.49. The van der Waals surface area contributed by atoms with Crippen LogP contribution in [0.2, 0.25) is 0 Å². The molecule has 1 saturated carbocycles. The number of hydrogen-bond donors (Lipinski definition) is 2. The van der Waals surface area contributed by atoms with Crippen LogP contribution in [0.3, 0.4) is 0 Å². The smallest absolute Gasteiger partial charge is 0.0480 e. The summed E-state index contributed by atoms with van der Waals surface area (Å²) >= 11 is 2.34. The Morgan fingerprint density at radius 3 is 2.73 bits per heavy atom. The molecule has 0 spiro atoms. The molecule has 0 aromatic rings. The number of halogens is 1. The molecular formula is C8H17IN2. The van der Waals surface area contributed by atoms with Gasteiger partial charge in [-0.3, -0.25) is 0 Å². The van der Waals surface area contributed by atoms with Gasteiger partial charge in [0.15, 0.2) is 0 Å². The van der Waals surface area contributed by atoms with E-state index in [4.69, 9.17) is 5.73 Å². The minimum absolute atomic E-state index is 0.458. The Labute approximate surface area is 82.4 Å². The van der Waals surface area contributed by atoms with E-state index < -0.39 is 0 Å². The van der Waals surface area contributed by atoms with Crippen LogP contribution in [-0.2, 0) is 0 Å². The van der Waals surface area contributed by atoms with Gasteiger partial charge in [-0.1, -0.05) is 35.4 Å². The molecular weight excluding hydrogens is 251 g/mol. The molecule has 0 aromatic carbocycles. The molecule has 11 heavy (non-hydrogen) atoms. The zero-order chi connectivity index (χ0) is 8.10. The van der Waals surface area contributed by atoms with E-state index in [2.05, 4.69) is 27.9 Å². The zero-order valence-corrected chi connectivity index (χ0v) is 9.01. The van der Waals surface area contributed by atoms with Crippen LogP contribution >= 0.6 is 22.6 Å². The molecule has 3 N–H and O–H groups in total. The first kappa shape index (κ1) is 9.74. The van der Waals surface area contributed by atoms with E-state index in [1.807, 2.05) is 0 Å². The average molecular weight is 268 g/mol. The van der Waals surface area contributed by atoms with Crippen LogP contribution in [0.5, 0.6) is 0 Å². The summed E-state index contributed by atoms with van der Waals surface area (Å²) < 4.78 is 1.04. The second kappa shape index (κ2) is 5.32. The maximum atomic E-state index is 5.98. The molecule has 1 fully saturated rings. The summed E-state index contributed by atoms with van der Waals surface area (Å²) in [5, 5.41) is 3.36. The molecule has 2 atom stereocenters. The lowest BCUT2D eigenvalue weighted by Crippen LogP contribution is -2.39. The zero-order valence-electron chi connectivity index (χ0n) is 6.85. The molecule has 3 heteroatoms. The van der Waals surface area contributed by atoms with Gasteiger partial charge in [-0.2, -0.15) is 0 Å². The number of alkyl halides is 1. The molecule has 0 radical (unpaired) electrons. The topological polar surface area (TPSA) is 38.0 Å². The number of nitrogens with two attached hydrogens (primary N) is 1. The SMILES string of the molecule is NC1CCCCC1CNCI. The average Bonchev–Trinajstić information content (AvgIpc) is 2.03. The summed E-state index contributed by atoms with van der Waals surface area (Å²) in [6, 6.07) is 0.458. The Morgan fingerprint density at radius 2 is 2.09 bits per heavy atom. The Morgan fingerprint density at radius 1 is 1.36 bits per heavy atom. The molecule has 0 amide bonds. The summed E-state index contributed by atoms with van der Waals surface area (Å²) in [6.07, 6.45) is 5.27. The van der Waals surface area contributed by atoms with E-state index in [-0.39, 0.29) is 0 Å². The maximum absolute atomic E-state index is 5.98. The summed E-state index contributed by atoms with van der Waals surface area (Å²) in [6.45, 7) is 1.12. The molecule has 1 rings (SSSR count). The van der Waals surface area contributed by atoms with Crippen LogP contribution < -0.4 is 11.1 Å². The van der Waals surface area contributed by atoms with Crippen LogP contribution in [-0.4, -0.2) is 17.1 Å². The maximum Gasteiger partial charge on any atom is 0.0480 e. The highest BCUT2D eigenvalue weighted by molar-refractivity contribution is 14.1. The van der Waals surface area contributed by atoms with Crippen molar-refractivity contribution in [3.8, 4) is 0 Å². The van der Waals surface area contributed by atoms with E-state index in [9.17, 15) is 0 Å². The number of hydrogen-bond acceptors (Lipinski definition) is 2. The van der Waals surface area contributed by atoms with Crippen molar-refractivity contribution in [3.63, 3.8) is 0 Å². The van der Waals surface area contributed by atoms with Gasteiger partial charge in [0.25, 0.3) is 0 Å². The Hall–Kier alpha value is 0.650. The third-order valence-corrected chi connectivity index (χ3v) is 3.01. The highest BCUT2D eigenvalue weighted by Gasteiger charge is 2.20. The van der Waals surface area contributed by atoms with Crippen molar-refractivity contribution in [1.29, 1.82) is 0 Å². The quantitative estimate of drug-likeness (QED) is 0.462. The second-order valence-electron chi connectivity index (χ2n) is 3.30. The predicted molar refractivity (Wildman–Crippen MR) is 56.8 cm³/mol. The number of nitrogens with one attached hydrogen (secondary N) is 1. The van der Waals surface area contributed by atoms with Gasteiger partial charge in [0.1, 0.15) is 0 Å². The van der Waals surface area contributed by atoms with E-state index in [1.165, 1.54) is 25.7 Å². The van der Waals surface area contributed by atoms with Crippen molar-refractivity contribution in [3.05, 3.63) is 0 Å². The standard InChI is InChI=1S/C8H17IN2/c9-6-11-5-7-3-1-2-4-8(7)10/h7-8,11H,1-6,10H2. The van der Waals surface area contributed by atoms with Crippen LogP contribution in [0.25, 0.3) is 0 Å². The summed E-state index contributed by atoms with van der Waals surface area (Å²) in [4.78, 5) is 0.